The highest BCUT2D eigenvalue weighted by molar-refractivity contribution is 7.17. The van der Waals surface area contributed by atoms with E-state index in [1.54, 1.807) is 11.3 Å². The van der Waals surface area contributed by atoms with Crippen molar-refractivity contribution in [3.05, 3.63) is 35.2 Å². The molecule has 0 saturated carbocycles. The van der Waals surface area contributed by atoms with Crippen molar-refractivity contribution in [3.8, 4) is 0 Å². The number of nitrogens with one attached hydrogen (secondary N) is 1. The second kappa shape index (κ2) is 5.63. The Morgan fingerprint density at radius 1 is 1.29 bits per heavy atom. The van der Waals surface area contributed by atoms with Crippen LogP contribution < -0.4 is 5.32 Å². The average Bonchev–Trinajstić information content (AvgIpc) is 2.74. The van der Waals surface area contributed by atoms with Gasteiger partial charge < -0.3 is 10.1 Å². The third-order valence-corrected chi connectivity index (χ3v) is 3.81. The molecule has 1 aromatic heterocycles. The van der Waals surface area contributed by atoms with Gasteiger partial charge in [-0.05, 0) is 43.3 Å². The molecule has 2 nitrogen and oxygen atoms in total. The average molecular weight is 249 g/mol. The van der Waals surface area contributed by atoms with Gasteiger partial charge in [0, 0.05) is 4.70 Å². The van der Waals surface area contributed by atoms with E-state index in [2.05, 4.69) is 48.8 Å². The Bertz CT molecular complexity index is 478. The maximum atomic E-state index is 5.71. The number of rotatable bonds is 5. The largest absolute Gasteiger partial charge is 0.377 e. The van der Waals surface area contributed by atoms with E-state index >= 15 is 0 Å². The summed E-state index contributed by atoms with van der Waals surface area (Å²) < 4.78 is 7.05. The molecule has 0 fully saturated rings. The second-order valence-electron chi connectivity index (χ2n) is 4.41. The lowest BCUT2D eigenvalue weighted by molar-refractivity contribution is 0.0629. The van der Waals surface area contributed by atoms with Crippen LogP contribution in [0.5, 0.6) is 0 Å². The summed E-state index contributed by atoms with van der Waals surface area (Å²) in [5.41, 5.74) is 1.34. The van der Waals surface area contributed by atoms with Crippen molar-refractivity contribution in [2.75, 3.05) is 13.7 Å². The van der Waals surface area contributed by atoms with Crippen molar-refractivity contribution in [3.63, 3.8) is 0 Å². The molecule has 0 radical (unpaired) electrons. The first kappa shape index (κ1) is 12.6. The van der Waals surface area contributed by atoms with E-state index in [0.29, 0.717) is 0 Å². The van der Waals surface area contributed by atoms with Crippen molar-refractivity contribution in [1.29, 1.82) is 0 Å². The molecule has 1 aromatic carbocycles. The van der Waals surface area contributed by atoms with Gasteiger partial charge >= 0.3 is 0 Å². The Morgan fingerprint density at radius 2 is 2.06 bits per heavy atom. The van der Waals surface area contributed by atoms with Crippen LogP contribution in [0.25, 0.3) is 10.1 Å². The minimum absolute atomic E-state index is 0.272. The van der Waals surface area contributed by atoms with Crippen molar-refractivity contribution in [1.82, 2.24) is 5.32 Å². The Kier molecular flexibility index (Phi) is 4.15. The molecule has 0 amide bonds. The SMILES string of the molecule is CNC(COC(C)C)c1csc2ccccc12. The first-order chi connectivity index (χ1) is 8.22. The predicted molar refractivity (Wildman–Crippen MR) is 74.7 cm³/mol. The fourth-order valence-corrected chi connectivity index (χ4v) is 2.90. The normalized spacial score (nSPS) is 13.4. The van der Waals surface area contributed by atoms with Gasteiger partial charge in [0.1, 0.15) is 0 Å². The first-order valence-electron chi connectivity index (χ1n) is 5.97. The smallest absolute Gasteiger partial charge is 0.0665 e. The zero-order chi connectivity index (χ0) is 12.3. The summed E-state index contributed by atoms with van der Waals surface area (Å²) in [6.45, 7) is 4.85. The van der Waals surface area contributed by atoms with Crippen molar-refractivity contribution >= 4 is 21.4 Å². The lowest BCUT2D eigenvalue weighted by atomic mass is 10.1. The summed E-state index contributed by atoms with van der Waals surface area (Å²) in [7, 11) is 1.99. The minimum atomic E-state index is 0.272. The van der Waals surface area contributed by atoms with E-state index in [0.717, 1.165) is 6.61 Å². The molecule has 0 spiro atoms. The molecular weight excluding hydrogens is 230 g/mol. The van der Waals surface area contributed by atoms with Gasteiger partial charge in [0.15, 0.2) is 0 Å². The third-order valence-electron chi connectivity index (χ3n) is 2.83. The van der Waals surface area contributed by atoms with Crippen LogP contribution in [0.3, 0.4) is 0 Å². The number of hydrogen-bond donors (Lipinski definition) is 1. The summed E-state index contributed by atoms with van der Waals surface area (Å²) in [5.74, 6) is 0. The number of benzene rings is 1. The van der Waals surface area contributed by atoms with Gasteiger partial charge in [-0.1, -0.05) is 18.2 Å². The number of ether oxygens (including phenoxy) is 1. The van der Waals surface area contributed by atoms with E-state index in [-0.39, 0.29) is 12.1 Å². The van der Waals surface area contributed by atoms with Crippen LogP contribution in [0.2, 0.25) is 0 Å². The van der Waals surface area contributed by atoms with Gasteiger partial charge in [-0.25, -0.2) is 0 Å². The quantitative estimate of drug-likeness (QED) is 0.874. The van der Waals surface area contributed by atoms with Gasteiger partial charge in [0.05, 0.1) is 18.8 Å². The van der Waals surface area contributed by atoms with Gasteiger partial charge in [0.2, 0.25) is 0 Å². The maximum absolute atomic E-state index is 5.71. The molecular formula is C14H19NOS. The first-order valence-corrected chi connectivity index (χ1v) is 6.85. The zero-order valence-electron chi connectivity index (χ0n) is 10.6. The third kappa shape index (κ3) is 2.86. The van der Waals surface area contributed by atoms with E-state index in [4.69, 9.17) is 4.74 Å². The van der Waals surface area contributed by atoms with Gasteiger partial charge in [0.25, 0.3) is 0 Å². The van der Waals surface area contributed by atoms with E-state index in [9.17, 15) is 0 Å². The molecule has 0 aliphatic rings. The zero-order valence-corrected chi connectivity index (χ0v) is 11.4. The molecule has 2 aromatic rings. The highest BCUT2D eigenvalue weighted by Gasteiger charge is 2.14. The summed E-state index contributed by atoms with van der Waals surface area (Å²) in [6.07, 6.45) is 0.274. The van der Waals surface area contributed by atoms with Crippen LogP contribution in [0.1, 0.15) is 25.5 Å². The topological polar surface area (TPSA) is 21.3 Å². The molecule has 1 heterocycles. The van der Waals surface area contributed by atoms with E-state index in [1.807, 2.05) is 7.05 Å². The second-order valence-corrected chi connectivity index (χ2v) is 5.32. The van der Waals surface area contributed by atoms with Gasteiger partial charge in [-0.2, -0.15) is 0 Å². The number of hydrogen-bond acceptors (Lipinski definition) is 3. The van der Waals surface area contributed by atoms with Crippen LogP contribution in [-0.2, 0) is 4.74 Å². The number of thiophene rings is 1. The molecule has 0 bridgehead atoms. The molecule has 3 heteroatoms. The fraction of sp³-hybridized carbons (Fsp3) is 0.429. The standard InChI is InChI=1S/C14H19NOS/c1-10(2)16-8-13(15-3)12-9-17-14-7-5-4-6-11(12)14/h4-7,9-10,13,15H,8H2,1-3H3. The summed E-state index contributed by atoms with van der Waals surface area (Å²) in [6, 6.07) is 8.80. The Morgan fingerprint density at radius 3 is 2.76 bits per heavy atom. The summed E-state index contributed by atoms with van der Waals surface area (Å²) >= 11 is 1.80. The lowest BCUT2D eigenvalue weighted by Gasteiger charge is -2.17. The molecule has 0 aliphatic heterocycles. The molecule has 1 atom stereocenters. The summed E-state index contributed by atoms with van der Waals surface area (Å²) in [4.78, 5) is 0. The maximum Gasteiger partial charge on any atom is 0.0665 e. The predicted octanol–water partition coefficient (Wildman–Crippen LogP) is 3.59. The molecule has 92 valence electrons. The Labute approximate surface area is 107 Å². The van der Waals surface area contributed by atoms with E-state index in [1.165, 1.54) is 15.6 Å². The lowest BCUT2D eigenvalue weighted by Crippen LogP contribution is -2.23. The molecule has 2 rings (SSSR count). The number of fused-ring (bicyclic) bond motifs is 1. The van der Waals surface area contributed by atoms with Crippen LogP contribution in [0.4, 0.5) is 0 Å². The van der Waals surface area contributed by atoms with Crippen molar-refractivity contribution in [2.45, 2.75) is 26.0 Å². The summed E-state index contributed by atoms with van der Waals surface area (Å²) in [5, 5.41) is 6.90. The van der Waals surface area contributed by atoms with Crippen LogP contribution >= 0.6 is 11.3 Å². The van der Waals surface area contributed by atoms with Gasteiger partial charge in [-0.3, -0.25) is 0 Å². The minimum Gasteiger partial charge on any atom is -0.377 e. The molecule has 1 N–H and O–H groups in total. The molecule has 0 saturated heterocycles. The Balaban J connectivity index is 2.24. The van der Waals surface area contributed by atoms with E-state index < -0.39 is 0 Å². The number of likely N-dealkylation sites (N-methyl/N-ethyl adjacent to an activating group) is 1. The molecule has 1 unspecified atom stereocenters. The molecule has 17 heavy (non-hydrogen) atoms. The van der Waals surface area contributed by atoms with Gasteiger partial charge in [-0.15, -0.1) is 11.3 Å². The highest BCUT2D eigenvalue weighted by Crippen LogP contribution is 2.30. The van der Waals surface area contributed by atoms with Crippen molar-refractivity contribution in [2.24, 2.45) is 0 Å². The highest BCUT2D eigenvalue weighted by atomic mass is 32.1. The van der Waals surface area contributed by atoms with Crippen LogP contribution in [0.15, 0.2) is 29.6 Å². The van der Waals surface area contributed by atoms with Crippen LogP contribution in [-0.4, -0.2) is 19.8 Å². The van der Waals surface area contributed by atoms with Crippen LogP contribution in [0, 0.1) is 0 Å². The Hall–Kier alpha value is -0.900. The molecule has 0 aliphatic carbocycles. The fourth-order valence-electron chi connectivity index (χ4n) is 1.89. The van der Waals surface area contributed by atoms with Crippen molar-refractivity contribution < 1.29 is 4.74 Å². The monoisotopic (exact) mass is 249 g/mol.